The highest BCUT2D eigenvalue weighted by Gasteiger charge is 2.68. The number of rotatable bonds is 11. The number of carbonyl (C=O) groups is 6. The number of ketones is 2. The van der Waals surface area contributed by atoms with E-state index in [1.165, 1.54) is 42.5 Å². The van der Waals surface area contributed by atoms with Crippen LogP contribution in [-0.4, -0.2) is 118 Å². The number of fused-ring (bicyclic) bond motifs is 6. The second kappa shape index (κ2) is 17.3. The molecule has 8 atom stereocenters. The van der Waals surface area contributed by atoms with Crippen LogP contribution in [0.1, 0.15) is 103 Å². The molecule has 0 spiro atoms. The molecule has 2 heterocycles. The number of amides is 1. The number of aromatic nitrogens is 1. The number of hydrogen-bond acceptors (Lipinski definition) is 14. The Labute approximate surface area is 390 Å². The average Bonchev–Trinajstić information content (AvgIpc) is 4.11. The summed E-state index contributed by atoms with van der Waals surface area (Å²) in [6.45, 7) is 4.51. The lowest BCUT2D eigenvalue weighted by molar-refractivity contribution is -0.178. The van der Waals surface area contributed by atoms with Gasteiger partial charge in [0.25, 0.3) is 0 Å². The molecule has 6 aliphatic rings. The van der Waals surface area contributed by atoms with Crippen LogP contribution in [0, 0.1) is 34.4 Å². The summed E-state index contributed by atoms with van der Waals surface area (Å²) in [6.07, 6.45) is 8.57. The lowest BCUT2D eigenvalue weighted by Crippen LogP contribution is -2.61. The monoisotopic (exact) mass is 939 g/mol. The van der Waals surface area contributed by atoms with Gasteiger partial charge in [-0.3, -0.25) is 14.4 Å². The third-order valence-corrected chi connectivity index (χ3v) is 15.9. The van der Waals surface area contributed by atoms with Gasteiger partial charge in [0.05, 0.1) is 35.2 Å². The number of carboxylic acid groups (broad SMARTS) is 1. The number of piperazine rings is 1. The molecule has 9 rings (SSSR count). The summed E-state index contributed by atoms with van der Waals surface area (Å²) in [5.74, 6) is -4.81. The lowest BCUT2D eigenvalue weighted by Gasteiger charge is -2.59. The van der Waals surface area contributed by atoms with E-state index in [4.69, 9.17) is 18.9 Å². The summed E-state index contributed by atoms with van der Waals surface area (Å²) in [4.78, 5) is 93.1. The molecule has 68 heavy (non-hydrogen) atoms. The molecule has 4 saturated carbocycles. The predicted octanol–water partition coefficient (Wildman–Crippen LogP) is 5.38. The minimum absolute atomic E-state index is 0.00870. The van der Waals surface area contributed by atoms with Crippen molar-refractivity contribution in [1.82, 2.24) is 9.47 Å². The Hall–Kier alpha value is -6.40. The van der Waals surface area contributed by atoms with E-state index >= 15 is 4.39 Å². The Kier molecular flexibility index (Phi) is 11.9. The first kappa shape index (κ1) is 46.7. The maximum Gasteiger partial charge on any atom is 0.413 e. The quantitative estimate of drug-likeness (QED) is 0.162. The number of nitrogens with zero attached hydrogens (tertiary/aromatic N) is 3. The molecule has 1 aromatic heterocycles. The van der Waals surface area contributed by atoms with E-state index in [2.05, 4.69) is 0 Å². The molecule has 0 bridgehead atoms. The first-order valence-electron chi connectivity index (χ1n) is 23.0. The third-order valence-electron chi connectivity index (χ3n) is 15.9. The number of anilines is 1. The van der Waals surface area contributed by atoms with Gasteiger partial charge in [-0.15, -0.1) is 0 Å². The van der Waals surface area contributed by atoms with Gasteiger partial charge in [-0.1, -0.05) is 25.5 Å². The Morgan fingerprint density at radius 2 is 1.63 bits per heavy atom. The average molecular weight is 940 g/mol. The van der Waals surface area contributed by atoms with Crippen LogP contribution < -0.4 is 15.1 Å². The summed E-state index contributed by atoms with van der Waals surface area (Å²) in [6, 6.07) is 5.65. The van der Waals surface area contributed by atoms with E-state index < -0.39 is 88.6 Å². The van der Waals surface area contributed by atoms with Crippen molar-refractivity contribution in [2.24, 2.45) is 28.6 Å². The molecule has 360 valence electrons. The number of pyridine rings is 1. The van der Waals surface area contributed by atoms with Gasteiger partial charge in [0.15, 0.2) is 24.0 Å². The van der Waals surface area contributed by atoms with Crippen LogP contribution in [0.2, 0.25) is 0 Å². The van der Waals surface area contributed by atoms with Gasteiger partial charge in [-0.2, -0.15) is 0 Å². The second-order valence-electron chi connectivity index (χ2n) is 19.6. The number of benzene rings is 2. The number of allylic oxidation sites excluding steroid dienone is 4. The van der Waals surface area contributed by atoms with Crippen molar-refractivity contribution < 1.29 is 67.4 Å². The highest BCUT2D eigenvalue weighted by atomic mass is 19.1. The van der Waals surface area contributed by atoms with Crippen molar-refractivity contribution in [3.8, 4) is 5.75 Å². The zero-order chi connectivity index (χ0) is 48.6. The largest absolute Gasteiger partial charge is 0.492 e. The van der Waals surface area contributed by atoms with Crippen molar-refractivity contribution in [2.45, 2.75) is 89.5 Å². The number of aromatic carboxylic acids is 1. The molecule has 3 N–H and O–H groups in total. The summed E-state index contributed by atoms with van der Waals surface area (Å²) >= 11 is 0. The Morgan fingerprint density at radius 3 is 2.28 bits per heavy atom. The fraction of sp³-hybridized carbons (Fsp3) is 0.500. The van der Waals surface area contributed by atoms with Gasteiger partial charge in [-0.25, -0.2) is 23.6 Å². The van der Waals surface area contributed by atoms with Gasteiger partial charge in [-0.05, 0) is 106 Å². The zero-order valence-corrected chi connectivity index (χ0v) is 38.2. The Balaban J connectivity index is 0.766. The van der Waals surface area contributed by atoms with Crippen LogP contribution in [0.5, 0.6) is 5.75 Å². The van der Waals surface area contributed by atoms with Crippen LogP contribution in [0.15, 0.2) is 65.1 Å². The Morgan fingerprint density at radius 1 is 0.941 bits per heavy atom. The summed E-state index contributed by atoms with van der Waals surface area (Å²) < 4.78 is 39.1. The van der Waals surface area contributed by atoms with Gasteiger partial charge in [0.2, 0.25) is 18.0 Å². The zero-order valence-electron chi connectivity index (χ0n) is 38.2. The molecule has 2 unspecified atom stereocenters. The van der Waals surface area contributed by atoms with E-state index in [1.807, 2.05) is 19.9 Å². The summed E-state index contributed by atoms with van der Waals surface area (Å²) in [5.41, 5.74) is -3.18. The standard InChI is InChI=1S/C50H54FN3O14/c1-26-22-52(41-36(51)20-33-40(43(41)65-4)54(30-10-11-30)23-34(42(33)58)44(59)60)17-18-53(26)47(63)68-25-67-46(62)28-7-5-27(6-8-28)45(61)66-24-38(57)50(64)16-14-35-32-12-9-29-19-31(55)13-15-48(29,2)39(32)37(56)21-49(35,50)3/h5-8,13,15,19-20,23,26,30,32,35,37,39,56,64H,9-12,14,16-18,21-22,24-25H2,1-4H3,(H,59,60)/t26?,32?,35-,37-,39+,48-,49-,50-/m0/s1. The van der Waals surface area contributed by atoms with Gasteiger partial charge in [0.1, 0.15) is 16.9 Å². The highest BCUT2D eigenvalue weighted by Crippen LogP contribution is 2.67. The van der Waals surface area contributed by atoms with Crippen LogP contribution in [0.3, 0.4) is 0 Å². The first-order valence-corrected chi connectivity index (χ1v) is 23.0. The molecule has 17 nitrogen and oxygen atoms in total. The van der Waals surface area contributed by atoms with Crippen molar-refractivity contribution in [1.29, 1.82) is 0 Å². The van der Waals surface area contributed by atoms with Gasteiger partial charge in [0, 0.05) is 54.7 Å². The number of aliphatic hydroxyl groups excluding tert-OH is 1. The molecule has 2 aromatic carbocycles. The molecular formula is C50H54FN3O14. The number of aliphatic hydroxyl groups is 2. The van der Waals surface area contributed by atoms with E-state index in [1.54, 1.807) is 28.5 Å². The number of halogens is 1. The molecule has 18 heteroatoms. The van der Waals surface area contributed by atoms with Crippen LogP contribution in [0.4, 0.5) is 14.9 Å². The van der Waals surface area contributed by atoms with Gasteiger partial charge >= 0.3 is 24.0 Å². The van der Waals surface area contributed by atoms with Crippen LogP contribution in [0.25, 0.3) is 10.9 Å². The van der Waals surface area contributed by atoms with E-state index in [9.17, 15) is 48.9 Å². The third kappa shape index (κ3) is 7.65. The van der Waals surface area contributed by atoms with Crippen LogP contribution >= 0.6 is 0 Å². The molecule has 0 radical (unpaired) electrons. The minimum Gasteiger partial charge on any atom is -0.492 e. The second-order valence-corrected chi connectivity index (χ2v) is 19.6. The number of Topliss-reactive ketones (excluding diaryl/α,β-unsaturated/α-hetero) is 1. The normalized spacial score (nSPS) is 29.6. The van der Waals surface area contributed by atoms with Crippen molar-refractivity contribution in [3.05, 3.63) is 93.1 Å². The number of methoxy groups -OCH3 is 1. The molecule has 5 aliphatic carbocycles. The van der Waals surface area contributed by atoms with E-state index in [0.717, 1.165) is 30.9 Å². The SMILES string of the molecule is COc1c(N2CCN(C(=O)OCOC(=O)c3ccc(C(=O)OCC(=O)[C@@]4(O)CC[C@H]5C6CCC7=CC(=O)C=C[C@]7(C)[C@H]6[C@@H](O)C[C@@]54C)cc3)C(C)C2)c(F)cc2c(=O)c(C(=O)O)cn(C3CC3)c12. The maximum atomic E-state index is 15.9. The number of carboxylic acids is 1. The smallest absolute Gasteiger partial charge is 0.413 e. The van der Waals surface area contributed by atoms with Crippen molar-refractivity contribution in [3.63, 3.8) is 0 Å². The minimum atomic E-state index is -1.84. The fourth-order valence-corrected chi connectivity index (χ4v) is 12.3. The highest BCUT2D eigenvalue weighted by molar-refractivity contribution is 6.01. The Bertz CT molecular complexity index is 2760. The van der Waals surface area contributed by atoms with Crippen LogP contribution in [-0.2, 0) is 23.8 Å². The van der Waals surface area contributed by atoms with Crippen molar-refractivity contribution >= 4 is 52.2 Å². The van der Waals surface area contributed by atoms with Gasteiger partial charge < -0.3 is 48.6 Å². The molecule has 1 amide bonds. The summed E-state index contributed by atoms with van der Waals surface area (Å²) in [7, 11) is 1.34. The number of esters is 2. The maximum absolute atomic E-state index is 15.9. The number of hydrogen-bond donors (Lipinski definition) is 3. The topological polar surface area (TPSA) is 229 Å². The molecule has 1 saturated heterocycles. The summed E-state index contributed by atoms with van der Waals surface area (Å²) in [5, 5.41) is 33.2. The fourth-order valence-electron chi connectivity index (χ4n) is 12.3. The molecular weight excluding hydrogens is 886 g/mol. The van der Waals surface area contributed by atoms with Crippen molar-refractivity contribution in [2.75, 3.05) is 45.0 Å². The number of ether oxygens (including phenoxy) is 4. The molecule has 1 aliphatic heterocycles. The first-order chi connectivity index (χ1) is 32.3. The predicted molar refractivity (Wildman–Crippen MR) is 240 cm³/mol. The molecule has 3 aromatic rings. The van der Waals surface area contributed by atoms with E-state index in [0.29, 0.717) is 12.8 Å². The van der Waals surface area contributed by atoms with E-state index in [-0.39, 0.29) is 95.5 Å². The molecule has 5 fully saturated rings. The number of carbonyl (C=O) groups excluding carboxylic acids is 5. The lowest BCUT2D eigenvalue weighted by atomic mass is 9.46.